The van der Waals surface area contributed by atoms with Crippen molar-refractivity contribution >= 4 is 38.9 Å². The summed E-state index contributed by atoms with van der Waals surface area (Å²) in [7, 11) is 0. The molecule has 3 nitrogen and oxygen atoms in total. The van der Waals surface area contributed by atoms with Crippen molar-refractivity contribution in [1.29, 1.82) is 0 Å². The van der Waals surface area contributed by atoms with Gasteiger partial charge in [0.1, 0.15) is 5.52 Å². The Morgan fingerprint density at radius 2 is 1.17 bits per heavy atom. The maximum atomic E-state index is 6.29. The van der Waals surface area contributed by atoms with Crippen LogP contribution in [0.4, 0.5) is 17.1 Å². The standard InChI is InChI=1S/C44H32N2O/c1-44(2)37-21-11-9-19-33(37)36-28-31(24-26-38(36)44)46(39-22-12-10-18-32(39)29-14-5-3-6-15-29)40-23-13-20-35-34(40)25-27-41-42(35)45-43(47-41)30-16-7-4-8-17-30/h3-28H,1-2H3. The van der Waals surface area contributed by atoms with Gasteiger partial charge in [-0.25, -0.2) is 4.98 Å². The van der Waals surface area contributed by atoms with Crippen LogP contribution in [0.5, 0.6) is 0 Å². The minimum absolute atomic E-state index is 0.0638. The molecule has 3 heteroatoms. The first-order valence-electron chi connectivity index (χ1n) is 16.1. The van der Waals surface area contributed by atoms with Crippen LogP contribution in [0.15, 0.2) is 162 Å². The Labute approximate surface area is 274 Å². The van der Waals surface area contributed by atoms with Crippen molar-refractivity contribution in [1.82, 2.24) is 4.98 Å². The molecular weight excluding hydrogens is 572 g/mol. The van der Waals surface area contributed by atoms with Crippen molar-refractivity contribution in [2.75, 3.05) is 4.90 Å². The highest BCUT2D eigenvalue weighted by molar-refractivity contribution is 6.11. The van der Waals surface area contributed by atoms with Gasteiger partial charge in [-0.3, -0.25) is 0 Å². The summed E-state index contributed by atoms with van der Waals surface area (Å²) in [5.41, 5.74) is 13.5. The SMILES string of the molecule is CC1(C)c2ccccc2-c2cc(N(c3ccccc3-c3ccccc3)c3cccc4c3ccc3oc(-c5ccccc5)nc34)ccc21. The van der Waals surface area contributed by atoms with Gasteiger partial charge in [0.15, 0.2) is 5.58 Å². The number of hydrogen-bond acceptors (Lipinski definition) is 3. The van der Waals surface area contributed by atoms with Gasteiger partial charge in [0.25, 0.3) is 0 Å². The van der Waals surface area contributed by atoms with E-state index in [9.17, 15) is 0 Å². The van der Waals surface area contributed by atoms with E-state index in [4.69, 9.17) is 9.40 Å². The van der Waals surface area contributed by atoms with E-state index >= 15 is 0 Å². The summed E-state index contributed by atoms with van der Waals surface area (Å²) in [6, 6.07) is 56.0. The van der Waals surface area contributed by atoms with E-state index in [1.165, 1.54) is 33.4 Å². The van der Waals surface area contributed by atoms with Gasteiger partial charge in [0, 0.05) is 33.0 Å². The van der Waals surface area contributed by atoms with Gasteiger partial charge < -0.3 is 9.32 Å². The molecule has 224 valence electrons. The monoisotopic (exact) mass is 604 g/mol. The van der Waals surface area contributed by atoms with Crippen molar-refractivity contribution in [3.05, 3.63) is 169 Å². The van der Waals surface area contributed by atoms with Gasteiger partial charge >= 0.3 is 0 Å². The van der Waals surface area contributed by atoms with Crippen LogP contribution < -0.4 is 4.90 Å². The van der Waals surface area contributed by atoms with E-state index in [-0.39, 0.29) is 5.41 Å². The van der Waals surface area contributed by atoms with Crippen molar-refractivity contribution < 1.29 is 4.42 Å². The van der Waals surface area contributed by atoms with E-state index in [0.29, 0.717) is 5.89 Å². The Balaban J connectivity index is 1.30. The van der Waals surface area contributed by atoms with Gasteiger partial charge in [-0.2, -0.15) is 0 Å². The Hall–Kier alpha value is -5.93. The number of nitrogens with zero attached hydrogens (tertiary/aromatic N) is 2. The van der Waals surface area contributed by atoms with Crippen molar-refractivity contribution in [3.8, 4) is 33.7 Å². The van der Waals surface area contributed by atoms with Crippen molar-refractivity contribution in [2.24, 2.45) is 0 Å². The molecular formula is C44H32N2O. The smallest absolute Gasteiger partial charge is 0.227 e. The summed E-state index contributed by atoms with van der Waals surface area (Å²) in [6.07, 6.45) is 0. The van der Waals surface area contributed by atoms with Crippen LogP contribution in [0, 0.1) is 0 Å². The molecule has 0 amide bonds. The van der Waals surface area contributed by atoms with E-state index in [1.54, 1.807) is 0 Å². The number of rotatable bonds is 5. The zero-order chi connectivity index (χ0) is 31.5. The molecule has 0 unspecified atom stereocenters. The molecule has 9 rings (SSSR count). The summed E-state index contributed by atoms with van der Waals surface area (Å²) in [5.74, 6) is 0.629. The first kappa shape index (κ1) is 27.4. The van der Waals surface area contributed by atoms with E-state index in [0.717, 1.165) is 44.5 Å². The highest BCUT2D eigenvalue weighted by Crippen LogP contribution is 2.52. The summed E-state index contributed by atoms with van der Waals surface area (Å²) in [5, 5.41) is 2.16. The molecule has 7 aromatic carbocycles. The molecule has 1 aliphatic rings. The van der Waals surface area contributed by atoms with Crippen LogP contribution in [0.2, 0.25) is 0 Å². The fourth-order valence-corrected chi connectivity index (χ4v) is 7.42. The van der Waals surface area contributed by atoms with Crippen molar-refractivity contribution in [3.63, 3.8) is 0 Å². The van der Waals surface area contributed by atoms with Crippen LogP contribution in [-0.2, 0) is 5.41 Å². The Kier molecular flexibility index (Phi) is 6.16. The molecule has 0 N–H and O–H groups in total. The molecule has 0 bridgehead atoms. The Bertz CT molecular complexity index is 2440. The number of fused-ring (bicyclic) bond motifs is 6. The van der Waals surface area contributed by atoms with Gasteiger partial charge in [0.05, 0.1) is 11.4 Å². The first-order valence-corrected chi connectivity index (χ1v) is 16.1. The lowest BCUT2D eigenvalue weighted by Gasteiger charge is -2.30. The second-order valence-corrected chi connectivity index (χ2v) is 12.8. The third kappa shape index (κ3) is 4.31. The molecule has 0 atom stereocenters. The average molecular weight is 605 g/mol. The average Bonchev–Trinajstić information content (AvgIpc) is 3.67. The molecule has 0 fully saturated rings. The third-order valence-electron chi connectivity index (χ3n) is 9.71. The maximum Gasteiger partial charge on any atom is 0.227 e. The van der Waals surface area contributed by atoms with Crippen LogP contribution in [0.25, 0.3) is 55.6 Å². The van der Waals surface area contributed by atoms with E-state index in [1.807, 2.05) is 30.3 Å². The number of anilines is 3. The number of hydrogen-bond donors (Lipinski definition) is 0. The zero-order valence-electron chi connectivity index (χ0n) is 26.3. The third-order valence-corrected chi connectivity index (χ3v) is 9.71. The molecule has 1 aromatic heterocycles. The van der Waals surface area contributed by atoms with Crippen molar-refractivity contribution in [2.45, 2.75) is 19.3 Å². The number of oxazole rings is 1. The number of para-hydroxylation sites is 1. The summed E-state index contributed by atoms with van der Waals surface area (Å²) in [4.78, 5) is 7.44. The fraction of sp³-hybridized carbons (Fsp3) is 0.0682. The van der Waals surface area contributed by atoms with E-state index < -0.39 is 0 Å². The summed E-state index contributed by atoms with van der Waals surface area (Å²) in [6.45, 7) is 4.66. The molecule has 0 aliphatic heterocycles. The second kappa shape index (κ2) is 10.6. The highest BCUT2D eigenvalue weighted by atomic mass is 16.3. The minimum Gasteiger partial charge on any atom is -0.436 e. The second-order valence-electron chi connectivity index (χ2n) is 12.8. The molecule has 8 aromatic rings. The lowest BCUT2D eigenvalue weighted by molar-refractivity contribution is 0.620. The van der Waals surface area contributed by atoms with Gasteiger partial charge in [-0.05, 0) is 76.3 Å². The quantitative estimate of drug-likeness (QED) is 0.196. The maximum absolute atomic E-state index is 6.29. The molecule has 0 radical (unpaired) electrons. The molecule has 1 heterocycles. The predicted molar refractivity (Wildman–Crippen MR) is 195 cm³/mol. The van der Waals surface area contributed by atoms with Gasteiger partial charge in [0.2, 0.25) is 5.89 Å². The minimum atomic E-state index is -0.0638. The predicted octanol–water partition coefficient (Wildman–Crippen LogP) is 12.1. The first-order chi connectivity index (χ1) is 23.1. The molecule has 47 heavy (non-hydrogen) atoms. The van der Waals surface area contributed by atoms with E-state index in [2.05, 4.69) is 146 Å². The van der Waals surface area contributed by atoms with Gasteiger partial charge in [-0.1, -0.05) is 123 Å². The largest absolute Gasteiger partial charge is 0.436 e. The summed E-state index contributed by atoms with van der Waals surface area (Å²) >= 11 is 0. The topological polar surface area (TPSA) is 29.3 Å². The van der Waals surface area contributed by atoms with Crippen LogP contribution >= 0.6 is 0 Å². The summed E-state index contributed by atoms with van der Waals surface area (Å²) < 4.78 is 6.29. The van der Waals surface area contributed by atoms with Gasteiger partial charge in [-0.15, -0.1) is 0 Å². The van der Waals surface area contributed by atoms with Crippen LogP contribution in [0.1, 0.15) is 25.0 Å². The molecule has 0 saturated heterocycles. The molecule has 0 saturated carbocycles. The van der Waals surface area contributed by atoms with Crippen LogP contribution in [0.3, 0.4) is 0 Å². The number of benzene rings is 7. The Morgan fingerprint density at radius 1 is 0.511 bits per heavy atom. The van der Waals surface area contributed by atoms with Crippen LogP contribution in [-0.4, -0.2) is 4.98 Å². The zero-order valence-corrected chi connectivity index (χ0v) is 26.3. The lowest BCUT2D eigenvalue weighted by atomic mass is 9.82. The number of aromatic nitrogens is 1. The normalized spacial score (nSPS) is 13.1. The Morgan fingerprint density at radius 3 is 1.98 bits per heavy atom. The fourth-order valence-electron chi connectivity index (χ4n) is 7.42. The lowest BCUT2D eigenvalue weighted by Crippen LogP contribution is -2.15. The highest BCUT2D eigenvalue weighted by Gasteiger charge is 2.35. The molecule has 1 aliphatic carbocycles. The molecule has 0 spiro atoms.